The van der Waals surface area contributed by atoms with E-state index >= 15 is 0 Å². The third-order valence-electron chi connectivity index (χ3n) is 3.80. The number of aromatic hydroxyl groups is 2. The zero-order chi connectivity index (χ0) is 17.4. The van der Waals surface area contributed by atoms with Crippen LogP contribution in [-0.4, -0.2) is 26.4 Å². The van der Waals surface area contributed by atoms with Crippen molar-refractivity contribution in [1.82, 2.24) is 9.97 Å². The van der Waals surface area contributed by atoms with Gasteiger partial charge in [0.2, 0.25) is 5.88 Å². The molecule has 3 aromatic rings. The number of hydrogen-bond donors (Lipinski definition) is 3. The quantitative estimate of drug-likeness (QED) is 0.614. The summed E-state index contributed by atoms with van der Waals surface area (Å²) in [7, 11) is 0. The molecule has 0 spiro atoms. The highest BCUT2D eigenvalue weighted by Gasteiger charge is 2.15. The molecular formula is C18H14N4O2S. The minimum Gasteiger partial charge on any atom is -0.508 e. The van der Waals surface area contributed by atoms with Gasteiger partial charge in [0.25, 0.3) is 0 Å². The highest BCUT2D eigenvalue weighted by atomic mass is 32.1. The minimum absolute atomic E-state index is 0.0397. The first-order valence-electron chi connectivity index (χ1n) is 7.58. The van der Waals surface area contributed by atoms with Gasteiger partial charge in [-0.1, -0.05) is 11.3 Å². The van der Waals surface area contributed by atoms with Gasteiger partial charge >= 0.3 is 0 Å². The molecule has 4 rings (SSSR count). The SMILES string of the molecule is Cc1cc(O)ccc1Nc1nc(O)c(/C=C2\C=Nc3ncccc32)s1. The van der Waals surface area contributed by atoms with Gasteiger partial charge in [0.15, 0.2) is 10.9 Å². The monoisotopic (exact) mass is 350 g/mol. The Bertz CT molecular complexity index is 1020. The Hall–Kier alpha value is -3.19. The Balaban J connectivity index is 1.63. The molecule has 3 heterocycles. The number of aryl methyl sites for hydroxylation is 1. The van der Waals surface area contributed by atoms with E-state index in [1.54, 1.807) is 30.6 Å². The molecule has 1 aliphatic rings. The number of anilines is 2. The number of rotatable bonds is 3. The van der Waals surface area contributed by atoms with Crippen molar-refractivity contribution in [3.8, 4) is 11.6 Å². The maximum absolute atomic E-state index is 10.1. The zero-order valence-corrected chi connectivity index (χ0v) is 14.1. The molecule has 0 unspecified atom stereocenters. The van der Waals surface area contributed by atoms with Gasteiger partial charge in [-0.05, 0) is 48.9 Å². The summed E-state index contributed by atoms with van der Waals surface area (Å²) in [6, 6.07) is 8.84. The molecule has 1 aromatic carbocycles. The number of nitrogens with zero attached hydrogens (tertiary/aromatic N) is 3. The maximum Gasteiger partial charge on any atom is 0.231 e. The largest absolute Gasteiger partial charge is 0.508 e. The summed E-state index contributed by atoms with van der Waals surface area (Å²) in [4.78, 5) is 13.3. The standard InChI is InChI=1S/C18H14N4O2S/c1-10-7-12(23)4-5-14(10)21-18-22-17(24)15(25-18)8-11-9-20-16-13(11)3-2-6-19-16/h2-9,23-24H,1H3,(H,21,22)/b11-8+. The first-order chi connectivity index (χ1) is 12.1. The molecule has 0 fully saturated rings. The van der Waals surface area contributed by atoms with E-state index in [0.29, 0.717) is 15.8 Å². The summed E-state index contributed by atoms with van der Waals surface area (Å²) < 4.78 is 0. The fraction of sp³-hybridized carbons (Fsp3) is 0.0556. The van der Waals surface area contributed by atoms with Crippen LogP contribution in [0.25, 0.3) is 11.6 Å². The van der Waals surface area contributed by atoms with Crippen LogP contribution in [0.5, 0.6) is 11.6 Å². The molecule has 0 atom stereocenters. The Labute approximate surface area is 147 Å². The maximum atomic E-state index is 10.1. The topological polar surface area (TPSA) is 90.6 Å². The highest BCUT2D eigenvalue weighted by molar-refractivity contribution is 7.16. The summed E-state index contributed by atoms with van der Waals surface area (Å²) in [6.07, 6.45) is 5.28. The average molecular weight is 350 g/mol. The number of phenolic OH excluding ortho intramolecular Hbond substituents is 1. The van der Waals surface area contributed by atoms with Crippen LogP contribution >= 0.6 is 11.3 Å². The number of benzene rings is 1. The Morgan fingerprint density at radius 2 is 2.08 bits per heavy atom. The van der Waals surface area contributed by atoms with Crippen molar-refractivity contribution in [2.75, 3.05) is 5.32 Å². The van der Waals surface area contributed by atoms with Gasteiger partial charge in [-0.2, -0.15) is 4.98 Å². The molecule has 124 valence electrons. The number of aliphatic imine (C=N–C) groups is 1. The summed E-state index contributed by atoms with van der Waals surface area (Å²) in [5.41, 5.74) is 3.52. The van der Waals surface area contributed by atoms with E-state index in [9.17, 15) is 10.2 Å². The number of hydrogen-bond acceptors (Lipinski definition) is 7. The van der Waals surface area contributed by atoms with Crippen LogP contribution < -0.4 is 5.32 Å². The number of aromatic nitrogens is 2. The molecule has 0 bridgehead atoms. The molecule has 0 aliphatic carbocycles. The van der Waals surface area contributed by atoms with Crippen molar-refractivity contribution in [3.05, 3.63) is 52.5 Å². The number of allylic oxidation sites excluding steroid dienone is 1. The minimum atomic E-state index is -0.0397. The lowest BCUT2D eigenvalue weighted by atomic mass is 10.1. The van der Waals surface area contributed by atoms with Gasteiger partial charge in [-0.3, -0.25) is 0 Å². The summed E-state index contributed by atoms with van der Waals surface area (Å²) in [5, 5.41) is 23.4. The van der Waals surface area contributed by atoms with E-state index in [4.69, 9.17) is 0 Å². The molecule has 0 radical (unpaired) electrons. The van der Waals surface area contributed by atoms with Crippen molar-refractivity contribution < 1.29 is 10.2 Å². The van der Waals surface area contributed by atoms with Crippen molar-refractivity contribution in [2.45, 2.75) is 6.92 Å². The Kier molecular flexibility index (Phi) is 3.70. The molecule has 0 saturated carbocycles. The van der Waals surface area contributed by atoms with Gasteiger partial charge in [-0.25, -0.2) is 9.98 Å². The van der Waals surface area contributed by atoms with Gasteiger partial charge < -0.3 is 15.5 Å². The number of nitrogens with one attached hydrogen (secondary N) is 1. The third kappa shape index (κ3) is 2.97. The van der Waals surface area contributed by atoms with E-state index in [1.807, 2.05) is 25.1 Å². The molecule has 3 N–H and O–H groups in total. The van der Waals surface area contributed by atoms with Gasteiger partial charge in [0.1, 0.15) is 5.75 Å². The fourth-order valence-corrected chi connectivity index (χ4v) is 3.38. The summed E-state index contributed by atoms with van der Waals surface area (Å²) >= 11 is 1.34. The van der Waals surface area contributed by atoms with Crippen molar-refractivity contribution in [1.29, 1.82) is 0 Å². The van der Waals surface area contributed by atoms with Crippen molar-refractivity contribution in [3.63, 3.8) is 0 Å². The normalized spacial score (nSPS) is 14.0. The van der Waals surface area contributed by atoms with Gasteiger partial charge in [-0.15, -0.1) is 0 Å². The molecule has 0 saturated heterocycles. The van der Waals surface area contributed by atoms with Crippen molar-refractivity contribution >= 4 is 45.8 Å². The van der Waals surface area contributed by atoms with Crippen LogP contribution in [-0.2, 0) is 0 Å². The second-order valence-corrected chi connectivity index (χ2v) is 6.59. The first-order valence-corrected chi connectivity index (χ1v) is 8.39. The third-order valence-corrected chi connectivity index (χ3v) is 4.70. The van der Waals surface area contributed by atoms with E-state index in [1.165, 1.54) is 11.3 Å². The lowest BCUT2D eigenvalue weighted by Crippen LogP contribution is -1.91. The Morgan fingerprint density at radius 3 is 2.92 bits per heavy atom. The molecular weight excluding hydrogens is 336 g/mol. The fourth-order valence-electron chi connectivity index (χ4n) is 2.56. The van der Waals surface area contributed by atoms with Crippen LogP contribution in [0.15, 0.2) is 41.5 Å². The van der Waals surface area contributed by atoms with Crippen LogP contribution in [0.4, 0.5) is 16.6 Å². The van der Waals surface area contributed by atoms with Crippen LogP contribution in [0.3, 0.4) is 0 Å². The second-order valence-electron chi connectivity index (χ2n) is 5.56. The summed E-state index contributed by atoms with van der Waals surface area (Å²) in [6.45, 7) is 1.89. The van der Waals surface area contributed by atoms with Gasteiger partial charge in [0, 0.05) is 29.2 Å². The number of thiazole rings is 1. The van der Waals surface area contributed by atoms with Crippen molar-refractivity contribution in [2.24, 2.45) is 4.99 Å². The lowest BCUT2D eigenvalue weighted by molar-refractivity contribution is 0.457. The highest BCUT2D eigenvalue weighted by Crippen LogP contribution is 2.36. The van der Waals surface area contributed by atoms with Crippen LogP contribution in [0.2, 0.25) is 0 Å². The molecule has 7 heteroatoms. The van der Waals surface area contributed by atoms with Crippen LogP contribution in [0.1, 0.15) is 16.0 Å². The number of pyridine rings is 1. The van der Waals surface area contributed by atoms with E-state index in [-0.39, 0.29) is 11.6 Å². The van der Waals surface area contributed by atoms with Gasteiger partial charge in [0.05, 0.1) is 4.88 Å². The molecule has 1 aliphatic heterocycles. The predicted molar refractivity (Wildman–Crippen MR) is 100 cm³/mol. The first kappa shape index (κ1) is 15.3. The molecule has 6 nitrogen and oxygen atoms in total. The van der Waals surface area contributed by atoms with E-state index < -0.39 is 0 Å². The smallest absolute Gasteiger partial charge is 0.231 e. The van der Waals surface area contributed by atoms with Crippen LogP contribution in [0, 0.1) is 6.92 Å². The zero-order valence-electron chi connectivity index (χ0n) is 13.3. The number of phenols is 1. The second kappa shape index (κ2) is 6.03. The predicted octanol–water partition coefficient (Wildman–Crippen LogP) is 4.26. The van der Waals surface area contributed by atoms with E-state index in [0.717, 1.165) is 22.4 Å². The average Bonchev–Trinajstić information content (AvgIpc) is 3.15. The molecule has 0 amide bonds. The van der Waals surface area contributed by atoms with E-state index in [2.05, 4.69) is 20.3 Å². The lowest BCUT2D eigenvalue weighted by Gasteiger charge is -2.06. The molecule has 25 heavy (non-hydrogen) atoms. The summed E-state index contributed by atoms with van der Waals surface area (Å²) in [5.74, 6) is 0.848. The Morgan fingerprint density at radius 1 is 1.20 bits per heavy atom. The molecule has 2 aromatic heterocycles. The number of fused-ring (bicyclic) bond motifs is 1.